The summed E-state index contributed by atoms with van der Waals surface area (Å²) in [6.07, 6.45) is 2.09. The Morgan fingerprint density at radius 2 is 2.25 bits per heavy atom. The minimum atomic E-state index is 0.0868. The summed E-state index contributed by atoms with van der Waals surface area (Å²) in [4.78, 5) is 11.3. The molecule has 0 radical (unpaired) electrons. The van der Waals surface area contributed by atoms with Crippen LogP contribution in [0.2, 0.25) is 0 Å². The molecule has 0 aliphatic heterocycles. The van der Waals surface area contributed by atoms with Gasteiger partial charge in [-0.2, -0.15) is 0 Å². The zero-order valence-corrected chi connectivity index (χ0v) is 7.76. The van der Waals surface area contributed by atoms with Crippen LogP contribution in [0.25, 0.3) is 0 Å². The maximum Gasteiger partial charge on any atom is 0.198 e. The zero-order valence-electron chi connectivity index (χ0n) is 7.76. The summed E-state index contributed by atoms with van der Waals surface area (Å²) >= 11 is 0. The molecular weight excluding hydrogens is 152 g/mol. The molecule has 0 saturated heterocycles. The molecule has 0 unspecified atom stereocenters. The second-order valence-corrected chi connectivity index (χ2v) is 3.14. The lowest BCUT2D eigenvalue weighted by Gasteiger charge is -2.02. The van der Waals surface area contributed by atoms with E-state index in [1.54, 1.807) is 6.26 Å². The molecule has 0 aliphatic carbocycles. The first kappa shape index (κ1) is 9.04. The Kier molecular flexibility index (Phi) is 2.69. The van der Waals surface area contributed by atoms with Crippen LogP contribution in [-0.2, 0) is 0 Å². The fraction of sp³-hybridized carbons (Fsp3) is 0.500. The van der Waals surface area contributed by atoms with Crippen molar-refractivity contribution in [2.75, 3.05) is 0 Å². The van der Waals surface area contributed by atoms with Crippen molar-refractivity contribution in [1.82, 2.24) is 0 Å². The molecule has 0 amide bonds. The van der Waals surface area contributed by atoms with E-state index in [-0.39, 0.29) is 5.78 Å². The fourth-order valence-corrected chi connectivity index (χ4v) is 1.16. The second-order valence-electron chi connectivity index (χ2n) is 3.14. The highest BCUT2D eigenvalue weighted by Gasteiger charge is 2.15. The molecule has 0 atom stereocenters. The Hall–Kier alpha value is -1.05. The van der Waals surface area contributed by atoms with Gasteiger partial charge in [0.25, 0.3) is 0 Å². The van der Waals surface area contributed by atoms with E-state index in [4.69, 9.17) is 4.42 Å². The Bertz CT molecular complexity index is 271. The highest BCUT2D eigenvalue weighted by molar-refractivity contribution is 5.94. The third kappa shape index (κ3) is 1.58. The van der Waals surface area contributed by atoms with Gasteiger partial charge in [-0.15, -0.1) is 0 Å². The van der Waals surface area contributed by atoms with Gasteiger partial charge in [0.2, 0.25) is 0 Å². The van der Waals surface area contributed by atoms with Crippen LogP contribution in [0.5, 0.6) is 0 Å². The van der Waals surface area contributed by atoms with Gasteiger partial charge < -0.3 is 4.42 Å². The molecule has 0 aliphatic rings. The number of carbonyl (C=O) groups is 1. The molecule has 0 saturated carbocycles. The van der Waals surface area contributed by atoms with Crippen molar-refractivity contribution < 1.29 is 9.21 Å². The minimum Gasteiger partial charge on any atom is -0.461 e. The van der Waals surface area contributed by atoms with E-state index in [0.29, 0.717) is 18.1 Å². The van der Waals surface area contributed by atoms with Crippen molar-refractivity contribution in [2.45, 2.75) is 33.1 Å². The molecule has 0 bridgehead atoms. The lowest BCUT2D eigenvalue weighted by atomic mass is 10.0. The third-order valence-electron chi connectivity index (χ3n) is 1.89. The fourth-order valence-electron chi connectivity index (χ4n) is 1.16. The average Bonchev–Trinajstić information content (AvgIpc) is 2.50. The molecule has 2 heteroatoms. The van der Waals surface area contributed by atoms with Gasteiger partial charge in [-0.05, 0) is 12.0 Å². The molecule has 12 heavy (non-hydrogen) atoms. The summed E-state index contributed by atoms with van der Waals surface area (Å²) in [5.41, 5.74) is 1.02. The monoisotopic (exact) mass is 166 g/mol. The predicted octanol–water partition coefficient (Wildman–Crippen LogP) is 3.00. The number of ketones is 1. The molecule has 0 aromatic carbocycles. The maximum atomic E-state index is 11.3. The van der Waals surface area contributed by atoms with Gasteiger partial charge in [0.1, 0.15) is 0 Å². The van der Waals surface area contributed by atoms with Crippen LogP contribution in [0, 0.1) is 0 Å². The van der Waals surface area contributed by atoms with Crippen molar-refractivity contribution in [3.05, 3.63) is 23.7 Å². The first-order chi connectivity index (χ1) is 5.66. The van der Waals surface area contributed by atoms with E-state index >= 15 is 0 Å². The number of furan rings is 1. The average molecular weight is 166 g/mol. The largest absolute Gasteiger partial charge is 0.461 e. The van der Waals surface area contributed by atoms with Gasteiger partial charge in [0, 0.05) is 12.0 Å². The Labute approximate surface area is 72.6 Å². The van der Waals surface area contributed by atoms with Gasteiger partial charge >= 0.3 is 0 Å². The third-order valence-corrected chi connectivity index (χ3v) is 1.89. The van der Waals surface area contributed by atoms with Crippen LogP contribution < -0.4 is 0 Å². The number of carbonyl (C=O) groups excluding carboxylic acids is 1. The Morgan fingerprint density at radius 3 is 2.75 bits per heavy atom. The van der Waals surface area contributed by atoms with E-state index < -0.39 is 0 Å². The van der Waals surface area contributed by atoms with Crippen LogP contribution >= 0.6 is 0 Å². The first-order valence-electron chi connectivity index (χ1n) is 4.27. The molecule has 1 rings (SSSR count). The summed E-state index contributed by atoms with van der Waals surface area (Å²) in [6, 6.07) is 1.87. The minimum absolute atomic E-state index is 0.0868. The molecule has 66 valence electrons. The van der Waals surface area contributed by atoms with Crippen LogP contribution in [0.3, 0.4) is 0 Å². The number of hydrogen-bond acceptors (Lipinski definition) is 2. The summed E-state index contributed by atoms with van der Waals surface area (Å²) in [5.74, 6) is 0.977. The molecule has 1 aromatic rings. The molecule has 1 aromatic heterocycles. The molecule has 0 spiro atoms. The van der Waals surface area contributed by atoms with E-state index in [1.165, 1.54) is 0 Å². The lowest BCUT2D eigenvalue weighted by Crippen LogP contribution is -1.99. The van der Waals surface area contributed by atoms with E-state index in [0.717, 1.165) is 5.56 Å². The van der Waals surface area contributed by atoms with E-state index in [9.17, 15) is 4.79 Å². The summed E-state index contributed by atoms with van der Waals surface area (Å²) < 4.78 is 5.13. The molecule has 1 heterocycles. The van der Waals surface area contributed by atoms with Gasteiger partial charge in [0.05, 0.1) is 6.26 Å². The van der Waals surface area contributed by atoms with Crippen molar-refractivity contribution in [3.63, 3.8) is 0 Å². The van der Waals surface area contributed by atoms with Gasteiger partial charge in [-0.1, -0.05) is 20.8 Å². The van der Waals surface area contributed by atoms with Gasteiger partial charge in [-0.25, -0.2) is 0 Å². The number of hydrogen-bond donors (Lipinski definition) is 0. The summed E-state index contributed by atoms with van der Waals surface area (Å²) in [7, 11) is 0. The summed E-state index contributed by atoms with van der Waals surface area (Å²) in [5, 5.41) is 0. The number of rotatable bonds is 3. The van der Waals surface area contributed by atoms with Crippen LogP contribution in [-0.4, -0.2) is 5.78 Å². The molecule has 0 N–H and O–H groups in total. The van der Waals surface area contributed by atoms with Crippen molar-refractivity contribution in [3.8, 4) is 0 Å². The normalized spacial score (nSPS) is 10.7. The maximum absolute atomic E-state index is 11.3. The smallest absolute Gasteiger partial charge is 0.198 e. The quantitative estimate of drug-likeness (QED) is 0.646. The predicted molar refractivity (Wildman–Crippen MR) is 47.4 cm³/mol. The summed E-state index contributed by atoms with van der Waals surface area (Å²) in [6.45, 7) is 5.95. The van der Waals surface area contributed by atoms with Crippen LogP contribution in [0.4, 0.5) is 0 Å². The highest BCUT2D eigenvalue weighted by Crippen LogP contribution is 2.21. The van der Waals surface area contributed by atoms with E-state index in [1.807, 2.05) is 13.0 Å². The van der Waals surface area contributed by atoms with Gasteiger partial charge in [-0.3, -0.25) is 4.79 Å². The second kappa shape index (κ2) is 3.57. The highest BCUT2D eigenvalue weighted by atomic mass is 16.3. The Balaban J connectivity index is 2.99. The van der Waals surface area contributed by atoms with Crippen molar-refractivity contribution in [2.24, 2.45) is 0 Å². The molecular formula is C10H14O2. The van der Waals surface area contributed by atoms with Crippen LogP contribution in [0.1, 0.15) is 49.2 Å². The first-order valence-corrected chi connectivity index (χ1v) is 4.27. The zero-order chi connectivity index (χ0) is 9.14. The van der Waals surface area contributed by atoms with Crippen molar-refractivity contribution in [1.29, 1.82) is 0 Å². The van der Waals surface area contributed by atoms with E-state index in [2.05, 4.69) is 13.8 Å². The van der Waals surface area contributed by atoms with Crippen LogP contribution in [0.15, 0.2) is 16.7 Å². The van der Waals surface area contributed by atoms with Gasteiger partial charge in [0.15, 0.2) is 11.5 Å². The number of Topliss-reactive ketones (excluding diaryl/α,β-unsaturated/α-hetero) is 1. The SMILES string of the molecule is CCC(=O)c1occc1C(C)C. The Morgan fingerprint density at radius 1 is 1.58 bits per heavy atom. The standard InChI is InChI=1S/C10H14O2/c1-4-9(11)10-8(7(2)3)5-6-12-10/h5-7H,4H2,1-3H3. The topological polar surface area (TPSA) is 30.2 Å². The van der Waals surface area contributed by atoms with Crippen molar-refractivity contribution >= 4 is 5.78 Å². The molecule has 0 fully saturated rings. The molecule has 2 nitrogen and oxygen atoms in total. The lowest BCUT2D eigenvalue weighted by molar-refractivity contribution is 0.0959.